The number of nitrogens with one attached hydrogen (secondary N) is 2. The molecule has 0 aliphatic rings. The van der Waals surface area contributed by atoms with E-state index in [4.69, 9.17) is 15.9 Å². The van der Waals surface area contributed by atoms with Crippen molar-refractivity contribution in [2.45, 2.75) is 6.92 Å². The maximum Gasteiger partial charge on any atom is 0.341 e. The number of ether oxygens (including phenoxy) is 1. The maximum absolute atomic E-state index is 13.4. The predicted molar refractivity (Wildman–Crippen MR) is 142 cm³/mol. The third-order valence-corrected chi connectivity index (χ3v) is 7.30. The van der Waals surface area contributed by atoms with Gasteiger partial charge in [-0.1, -0.05) is 48.5 Å². The fraction of sp³-hybridized carbons (Fsp3) is 0.0769. The van der Waals surface area contributed by atoms with Gasteiger partial charge in [-0.2, -0.15) is 5.26 Å². The van der Waals surface area contributed by atoms with Crippen molar-refractivity contribution in [1.82, 2.24) is 4.57 Å². The lowest BCUT2D eigenvalue weighted by Crippen LogP contribution is -2.34. The Hall–Kier alpha value is -4.66. The summed E-state index contributed by atoms with van der Waals surface area (Å²) >= 11 is 1.97. The van der Waals surface area contributed by atoms with Crippen LogP contribution in [0.4, 0.5) is 5.00 Å². The Morgan fingerprint density at radius 2 is 1.81 bits per heavy atom. The molecule has 2 aromatic carbocycles. The van der Waals surface area contributed by atoms with E-state index in [1.54, 1.807) is 42.6 Å². The molecule has 4 aromatic rings. The zero-order valence-corrected chi connectivity index (χ0v) is 21.2. The van der Waals surface area contributed by atoms with Crippen LogP contribution in [0.15, 0.2) is 66.0 Å². The summed E-state index contributed by atoms with van der Waals surface area (Å²) in [6.45, 7) is 1.83. The van der Waals surface area contributed by atoms with Gasteiger partial charge in [0.1, 0.15) is 25.8 Å². The normalized spacial score (nSPS) is 12.3. The van der Waals surface area contributed by atoms with Crippen molar-refractivity contribution in [3.8, 4) is 22.9 Å². The molecule has 0 fully saturated rings. The first-order valence-corrected chi connectivity index (χ1v) is 12.7. The Morgan fingerprint density at radius 3 is 2.41 bits per heavy atom. The van der Waals surface area contributed by atoms with Gasteiger partial charge in [0.25, 0.3) is 5.91 Å². The van der Waals surface area contributed by atoms with Gasteiger partial charge in [-0.05, 0) is 24.6 Å². The van der Waals surface area contributed by atoms with Gasteiger partial charge in [0.2, 0.25) is 5.88 Å². The lowest BCUT2D eigenvalue weighted by atomic mass is 10.0. The number of hydrogen-bond donors (Lipinski definition) is 4. The Kier molecular flexibility index (Phi) is 7.52. The number of hydrogen-bond acceptors (Lipinski definition) is 9. The number of nitrogens with two attached hydrogens (primary N) is 1. The zero-order valence-electron chi connectivity index (χ0n) is 19.5. The number of aliphatic hydroxyl groups excluding tert-OH is 1. The molecule has 0 bridgehead atoms. The second-order valence-electron chi connectivity index (χ2n) is 7.52. The summed E-state index contributed by atoms with van der Waals surface area (Å²) < 4.78 is 6.70. The van der Waals surface area contributed by atoms with Crippen LogP contribution in [0, 0.1) is 16.7 Å². The van der Waals surface area contributed by atoms with Crippen molar-refractivity contribution in [1.29, 1.82) is 10.7 Å². The lowest BCUT2D eigenvalue weighted by Gasteiger charge is -2.09. The second kappa shape index (κ2) is 10.9. The number of thiophene rings is 1. The molecule has 0 unspecified atom stereocenters. The number of esters is 1. The monoisotopic (exact) mass is 531 g/mol. The molecule has 5 N–H and O–H groups in total. The Morgan fingerprint density at radius 1 is 1.16 bits per heavy atom. The summed E-state index contributed by atoms with van der Waals surface area (Å²) in [5.41, 5.74) is 7.10. The van der Waals surface area contributed by atoms with Crippen molar-refractivity contribution in [3.05, 3.63) is 86.3 Å². The molecule has 0 atom stereocenters. The van der Waals surface area contributed by atoms with Crippen LogP contribution < -0.4 is 25.7 Å². The average molecular weight is 532 g/mol. The number of benzene rings is 2. The molecule has 186 valence electrons. The maximum atomic E-state index is 13.4. The number of carbonyl (C=O) groups is 2. The van der Waals surface area contributed by atoms with Gasteiger partial charge in [-0.15, -0.1) is 22.7 Å². The van der Waals surface area contributed by atoms with Gasteiger partial charge in [0, 0.05) is 16.6 Å². The van der Waals surface area contributed by atoms with Crippen LogP contribution in [0.1, 0.15) is 17.3 Å². The summed E-state index contributed by atoms with van der Waals surface area (Å²) in [6, 6.07) is 19.8. The first-order chi connectivity index (χ1) is 17.9. The molecule has 0 saturated heterocycles. The van der Waals surface area contributed by atoms with Crippen LogP contribution in [0.2, 0.25) is 0 Å². The molecular weight excluding hydrogens is 510 g/mol. The van der Waals surface area contributed by atoms with Crippen molar-refractivity contribution in [2.24, 2.45) is 5.73 Å². The van der Waals surface area contributed by atoms with Crippen LogP contribution in [-0.4, -0.2) is 28.2 Å². The van der Waals surface area contributed by atoms with Crippen molar-refractivity contribution in [2.75, 3.05) is 11.9 Å². The van der Waals surface area contributed by atoms with Gasteiger partial charge in [0.15, 0.2) is 11.1 Å². The van der Waals surface area contributed by atoms with Gasteiger partial charge in [-0.25, -0.2) is 4.79 Å². The van der Waals surface area contributed by atoms with E-state index in [1.165, 1.54) is 4.57 Å². The fourth-order valence-electron chi connectivity index (χ4n) is 3.60. The Bertz CT molecular complexity index is 1690. The molecule has 2 aromatic heterocycles. The average Bonchev–Trinajstić information content (AvgIpc) is 3.47. The van der Waals surface area contributed by atoms with E-state index in [2.05, 4.69) is 5.32 Å². The molecular formula is C26H21N5O4S2. The summed E-state index contributed by atoms with van der Waals surface area (Å²) in [5.74, 6) is -1.99. The first kappa shape index (κ1) is 25.4. The lowest BCUT2D eigenvalue weighted by molar-refractivity contribution is -0.111. The SMILES string of the molecule is CCOC(=O)c1c(-c2ccccc2)csc1NC(=O)C(C#N)=c1sc(=C(N)O)c(=N)n1-c1ccccc1. The highest BCUT2D eigenvalue weighted by Crippen LogP contribution is 2.36. The number of amides is 1. The Labute approximate surface area is 219 Å². The van der Waals surface area contributed by atoms with Crippen molar-refractivity contribution < 1.29 is 19.4 Å². The van der Waals surface area contributed by atoms with Crippen molar-refractivity contribution in [3.63, 3.8) is 0 Å². The van der Waals surface area contributed by atoms with Crippen LogP contribution in [0.3, 0.4) is 0 Å². The summed E-state index contributed by atoms with van der Waals surface area (Å²) in [7, 11) is 0. The minimum absolute atomic E-state index is 0.00843. The van der Waals surface area contributed by atoms with E-state index in [0.717, 1.165) is 28.2 Å². The topological polar surface area (TPSA) is 154 Å². The van der Waals surface area contributed by atoms with Crippen LogP contribution in [0.25, 0.3) is 28.3 Å². The highest BCUT2D eigenvalue weighted by Gasteiger charge is 2.25. The van der Waals surface area contributed by atoms with E-state index >= 15 is 0 Å². The molecule has 4 rings (SSSR count). The minimum Gasteiger partial charge on any atom is -0.494 e. The molecule has 0 saturated carbocycles. The number of carbonyl (C=O) groups excluding carboxylic acids is 2. The molecule has 0 spiro atoms. The summed E-state index contributed by atoms with van der Waals surface area (Å²) in [5, 5.41) is 33.0. The van der Waals surface area contributed by atoms with Gasteiger partial charge < -0.3 is 20.9 Å². The van der Waals surface area contributed by atoms with Crippen molar-refractivity contribution >= 4 is 51.0 Å². The molecule has 37 heavy (non-hydrogen) atoms. The Balaban J connectivity index is 1.88. The largest absolute Gasteiger partial charge is 0.494 e. The number of aromatic nitrogens is 1. The number of thiazole rings is 1. The third-order valence-electron chi connectivity index (χ3n) is 5.22. The number of para-hydroxylation sites is 1. The standard InChI is InChI=1S/C26H21N5O4S2/c1-2-35-26(34)19-18(15-9-5-3-6-10-15)14-36-24(19)30-23(33)17(13-27)25-31(16-11-7-4-8-12-16)21(28)20(37-25)22(29)32/h3-12,14,28,32H,2,29H2,1H3,(H,30,33). The number of anilines is 1. The van der Waals surface area contributed by atoms with E-state index < -0.39 is 17.8 Å². The van der Waals surface area contributed by atoms with E-state index in [1.807, 2.05) is 36.4 Å². The second-order valence-corrected chi connectivity index (χ2v) is 9.40. The van der Waals surface area contributed by atoms with Gasteiger partial charge >= 0.3 is 5.97 Å². The van der Waals surface area contributed by atoms with Gasteiger partial charge in [-0.3, -0.25) is 14.8 Å². The molecule has 0 aliphatic heterocycles. The van der Waals surface area contributed by atoms with Gasteiger partial charge in [0.05, 0.1) is 6.61 Å². The smallest absolute Gasteiger partial charge is 0.341 e. The fourth-order valence-corrected chi connectivity index (χ4v) is 5.57. The molecule has 1 amide bonds. The zero-order chi connectivity index (χ0) is 26.5. The predicted octanol–water partition coefficient (Wildman–Crippen LogP) is 2.82. The van der Waals surface area contributed by atoms with E-state index in [-0.39, 0.29) is 37.4 Å². The van der Waals surface area contributed by atoms with E-state index in [0.29, 0.717) is 11.3 Å². The van der Waals surface area contributed by atoms with Crippen LogP contribution in [-0.2, 0) is 9.53 Å². The first-order valence-electron chi connectivity index (χ1n) is 11.0. The quantitative estimate of drug-likeness (QED) is 0.281. The van der Waals surface area contributed by atoms with E-state index in [9.17, 15) is 20.0 Å². The van der Waals surface area contributed by atoms with Crippen LogP contribution in [0.5, 0.6) is 0 Å². The highest BCUT2D eigenvalue weighted by molar-refractivity contribution is 7.15. The summed E-state index contributed by atoms with van der Waals surface area (Å²) in [6.07, 6.45) is 0. The van der Waals surface area contributed by atoms with Crippen LogP contribution >= 0.6 is 22.7 Å². The third kappa shape index (κ3) is 5.02. The molecule has 9 nitrogen and oxygen atoms in total. The number of aliphatic hydroxyl groups is 1. The molecule has 11 heteroatoms. The minimum atomic E-state index is -0.788. The molecule has 0 aliphatic carbocycles. The molecule has 0 radical (unpaired) electrons. The number of rotatable bonds is 6. The highest BCUT2D eigenvalue weighted by atomic mass is 32.1. The summed E-state index contributed by atoms with van der Waals surface area (Å²) in [4.78, 5) is 26.3. The number of nitriles is 1. The molecule has 2 heterocycles. The number of nitrogens with zero attached hydrogens (tertiary/aromatic N) is 2.